The van der Waals surface area contributed by atoms with E-state index < -0.39 is 46.5 Å². The zero-order chi connectivity index (χ0) is 34.7. The van der Waals surface area contributed by atoms with E-state index in [9.17, 15) is 33.8 Å². The number of halogens is 2. The summed E-state index contributed by atoms with van der Waals surface area (Å²) in [4.78, 5) is 53.3. The third-order valence-electron chi connectivity index (χ3n) is 7.18. The van der Waals surface area contributed by atoms with Crippen LogP contribution in [0.2, 0.25) is 0 Å². The zero-order valence-corrected chi connectivity index (χ0v) is 24.8. The summed E-state index contributed by atoms with van der Waals surface area (Å²) in [5.41, 5.74) is -1.51. The van der Waals surface area contributed by atoms with Gasteiger partial charge in [0, 0.05) is 12.4 Å². The molecule has 0 bridgehead atoms. The number of hydrogen-bond donors (Lipinski definition) is 4. The molecule has 4 N–H and O–H groups in total. The van der Waals surface area contributed by atoms with Gasteiger partial charge in [0.25, 0.3) is 11.8 Å². The number of nitrogens with one attached hydrogen (secondary N) is 2. The van der Waals surface area contributed by atoms with Gasteiger partial charge in [-0.25, -0.2) is 23.4 Å². The zero-order valence-electron chi connectivity index (χ0n) is 24.8. The number of carbonyl (C=O) groups is 4. The number of imidazole rings is 1. The molecule has 0 fully saturated rings. The Balaban J connectivity index is 1.15. The van der Waals surface area contributed by atoms with Gasteiger partial charge in [-0.1, -0.05) is 0 Å². The van der Waals surface area contributed by atoms with E-state index in [1.165, 1.54) is 36.8 Å². The van der Waals surface area contributed by atoms with E-state index in [1.54, 1.807) is 10.8 Å². The fourth-order valence-electron chi connectivity index (χ4n) is 4.77. The molecule has 0 saturated heterocycles. The maximum Gasteiger partial charge on any atom is 0.337 e. The minimum atomic E-state index is -1.50. The first-order chi connectivity index (χ1) is 23.6. The van der Waals surface area contributed by atoms with Gasteiger partial charge in [0.05, 0.1) is 22.5 Å². The van der Waals surface area contributed by atoms with E-state index in [4.69, 9.17) is 0 Å². The number of carboxylic acids is 2. The molecule has 19 heteroatoms. The Morgan fingerprint density at radius 1 is 0.755 bits per heavy atom. The first kappa shape index (κ1) is 31.9. The quantitative estimate of drug-likeness (QED) is 0.156. The summed E-state index contributed by atoms with van der Waals surface area (Å²) < 4.78 is 32.7. The summed E-state index contributed by atoms with van der Waals surface area (Å²) in [5.74, 6) is -5.91. The summed E-state index contributed by atoms with van der Waals surface area (Å²) in [6.07, 6.45) is 4.63. The van der Waals surface area contributed by atoms with Crippen molar-refractivity contribution in [1.29, 1.82) is 0 Å². The van der Waals surface area contributed by atoms with Gasteiger partial charge in [-0.15, -0.1) is 25.0 Å². The fraction of sp³-hybridized carbons (Fsp3) is 0.100. The Kier molecular flexibility index (Phi) is 8.70. The van der Waals surface area contributed by atoms with Crippen LogP contribution in [0.25, 0.3) is 11.5 Å². The molecular weight excluding hydrogens is 648 g/mol. The van der Waals surface area contributed by atoms with Crippen molar-refractivity contribution in [2.45, 2.75) is 19.3 Å². The van der Waals surface area contributed by atoms with Crippen molar-refractivity contribution >= 4 is 40.8 Å². The summed E-state index contributed by atoms with van der Waals surface area (Å²) in [6.45, 7) is 0. The number of carbonyl (C=O) groups excluding carboxylic acids is 2. The number of aromatic carboxylic acids is 2. The average molecular weight is 670 g/mol. The Hall–Kier alpha value is -7.05. The third-order valence-corrected chi connectivity index (χ3v) is 7.18. The molecule has 49 heavy (non-hydrogen) atoms. The van der Waals surface area contributed by atoms with E-state index in [1.807, 2.05) is 0 Å². The van der Waals surface area contributed by atoms with Crippen LogP contribution < -0.4 is 10.6 Å². The van der Waals surface area contributed by atoms with Crippen LogP contribution >= 0.6 is 0 Å². The maximum absolute atomic E-state index is 15.2. The van der Waals surface area contributed by atoms with Gasteiger partial charge >= 0.3 is 11.9 Å². The molecule has 0 aliphatic heterocycles. The van der Waals surface area contributed by atoms with Crippen LogP contribution in [0, 0.1) is 11.6 Å². The smallest absolute Gasteiger partial charge is 0.337 e. The molecule has 246 valence electrons. The molecule has 17 nitrogen and oxygen atoms in total. The molecule has 0 aliphatic carbocycles. The minimum absolute atomic E-state index is 0.00658. The monoisotopic (exact) mass is 669 g/mol. The van der Waals surface area contributed by atoms with Crippen molar-refractivity contribution < 1.29 is 38.2 Å². The number of rotatable bonds is 11. The summed E-state index contributed by atoms with van der Waals surface area (Å²) in [7, 11) is 0. The Morgan fingerprint density at radius 2 is 1.41 bits per heavy atom. The second-order valence-corrected chi connectivity index (χ2v) is 10.3. The van der Waals surface area contributed by atoms with Crippen LogP contribution in [0.3, 0.4) is 0 Å². The Morgan fingerprint density at radius 3 is 2.08 bits per heavy atom. The number of anilines is 2. The van der Waals surface area contributed by atoms with Crippen LogP contribution in [-0.2, 0) is 12.8 Å². The SMILES string of the molecule is O=C(Nc1cc(F)c(CCCc2cc(NC(=O)c3ccc4nnnn4n3)c(C(=O)O)cc2F)cc1C(=O)O)c1ccc(-n2ccnc2)nn1. The average Bonchev–Trinajstić information content (AvgIpc) is 3.79. The van der Waals surface area contributed by atoms with Crippen molar-refractivity contribution in [3.05, 3.63) is 113 Å². The maximum atomic E-state index is 15.2. The summed E-state index contributed by atoms with van der Waals surface area (Å²) >= 11 is 0. The molecule has 4 aromatic heterocycles. The Bertz CT molecular complexity index is 2240. The number of amides is 2. The lowest BCUT2D eigenvalue weighted by molar-refractivity contribution is 0.0686. The Labute approximate surface area is 272 Å². The number of carboxylic acid groups (broad SMARTS) is 2. The van der Waals surface area contributed by atoms with Crippen LogP contribution in [0.4, 0.5) is 20.2 Å². The highest BCUT2D eigenvalue weighted by Gasteiger charge is 2.21. The summed E-state index contributed by atoms with van der Waals surface area (Å²) in [5, 5.41) is 46.5. The van der Waals surface area contributed by atoms with E-state index in [-0.39, 0.29) is 58.8 Å². The lowest BCUT2D eigenvalue weighted by atomic mass is 9.99. The molecule has 2 amide bonds. The first-order valence-electron chi connectivity index (χ1n) is 14.2. The molecule has 6 rings (SSSR count). The van der Waals surface area contributed by atoms with Crippen molar-refractivity contribution in [2.75, 3.05) is 10.6 Å². The van der Waals surface area contributed by atoms with Crippen LogP contribution in [0.1, 0.15) is 59.2 Å². The molecule has 0 radical (unpaired) electrons. The second-order valence-electron chi connectivity index (χ2n) is 10.3. The number of aromatic nitrogens is 9. The van der Waals surface area contributed by atoms with Gasteiger partial charge in [0.15, 0.2) is 22.9 Å². The van der Waals surface area contributed by atoms with Gasteiger partial charge in [0.1, 0.15) is 18.0 Å². The molecule has 0 atom stereocenters. The number of aryl methyl sites for hydroxylation is 2. The minimum Gasteiger partial charge on any atom is -0.478 e. The van der Waals surface area contributed by atoms with Gasteiger partial charge in [0.2, 0.25) is 0 Å². The highest BCUT2D eigenvalue weighted by atomic mass is 19.1. The molecule has 4 heterocycles. The number of nitrogens with zero attached hydrogens (tertiary/aromatic N) is 9. The number of benzene rings is 2. The third kappa shape index (κ3) is 6.89. The number of fused-ring (bicyclic) bond motifs is 1. The lowest BCUT2D eigenvalue weighted by Crippen LogP contribution is -2.18. The first-order valence-corrected chi connectivity index (χ1v) is 14.2. The highest BCUT2D eigenvalue weighted by molar-refractivity contribution is 6.07. The highest BCUT2D eigenvalue weighted by Crippen LogP contribution is 2.26. The van der Waals surface area contributed by atoms with Crippen molar-refractivity contribution in [3.63, 3.8) is 0 Å². The van der Waals surface area contributed by atoms with Crippen molar-refractivity contribution in [3.8, 4) is 5.82 Å². The molecule has 0 spiro atoms. The molecule has 0 aliphatic rings. The predicted molar refractivity (Wildman–Crippen MR) is 162 cm³/mol. The van der Waals surface area contributed by atoms with E-state index >= 15 is 4.39 Å². The molecule has 0 saturated carbocycles. The topological polar surface area (TPSA) is 232 Å². The van der Waals surface area contributed by atoms with Crippen LogP contribution in [0.5, 0.6) is 0 Å². The van der Waals surface area contributed by atoms with Gasteiger partial charge in [-0.2, -0.15) is 0 Å². The molecule has 6 aromatic rings. The molecule has 0 unspecified atom stereocenters. The van der Waals surface area contributed by atoms with Crippen molar-refractivity contribution in [1.82, 2.24) is 45.0 Å². The van der Waals surface area contributed by atoms with E-state index in [0.29, 0.717) is 5.82 Å². The van der Waals surface area contributed by atoms with Gasteiger partial charge in [-0.05, 0) is 89.3 Å². The van der Waals surface area contributed by atoms with Gasteiger partial charge < -0.3 is 20.8 Å². The normalized spacial score (nSPS) is 11.0. The van der Waals surface area contributed by atoms with Crippen molar-refractivity contribution in [2.24, 2.45) is 0 Å². The number of tetrazole rings is 1. The van der Waals surface area contributed by atoms with Crippen LogP contribution in [0.15, 0.2) is 67.3 Å². The van der Waals surface area contributed by atoms with E-state index in [2.05, 4.69) is 46.4 Å². The molecule has 2 aromatic carbocycles. The standard InChI is InChI=1S/C30H21F2N11O6/c31-19-12-18(30(48)49)23(34-28(45)22-5-7-26-38-40-41-43(26)39-22)11-16(19)3-1-2-15-10-17(29(46)47)24(13-20(15)32)35-27(44)21-4-6-25(37-36-21)42-9-8-33-14-42/h4-14H,1-3H2,(H,34,45)(H,35,44)(H,46,47)(H,48,49). The largest absolute Gasteiger partial charge is 0.478 e. The molecular formula is C30H21F2N11O6. The predicted octanol–water partition coefficient (Wildman–Crippen LogP) is 2.85. The summed E-state index contributed by atoms with van der Waals surface area (Å²) in [6, 6.07) is 9.41. The lowest BCUT2D eigenvalue weighted by Gasteiger charge is -2.13. The van der Waals surface area contributed by atoms with E-state index in [0.717, 1.165) is 28.9 Å². The fourth-order valence-corrected chi connectivity index (χ4v) is 4.77. The van der Waals surface area contributed by atoms with Gasteiger partial charge in [-0.3, -0.25) is 14.2 Å². The number of hydrogen-bond acceptors (Lipinski definition) is 11. The van der Waals surface area contributed by atoms with Crippen LogP contribution in [-0.4, -0.2) is 79.0 Å². The second kappa shape index (κ2) is 13.4.